The Morgan fingerprint density at radius 1 is 1.00 bits per heavy atom. The molecular formula is C23H15Cl2FN2O2. The molecule has 0 saturated heterocycles. The molecule has 3 aromatic rings. The number of hydrogen-bond donors (Lipinski definition) is 0. The van der Waals surface area contributed by atoms with Gasteiger partial charge in [0.2, 0.25) is 0 Å². The molecule has 3 aromatic carbocycles. The number of benzene rings is 3. The van der Waals surface area contributed by atoms with Crippen molar-refractivity contribution in [2.45, 2.75) is 0 Å². The predicted octanol–water partition coefficient (Wildman–Crippen LogP) is 6.00. The van der Waals surface area contributed by atoms with Crippen LogP contribution < -0.4 is 9.75 Å². The lowest BCUT2D eigenvalue weighted by Crippen LogP contribution is -2.21. The molecule has 1 amide bonds. The zero-order valence-electron chi connectivity index (χ0n) is 15.6. The maximum atomic E-state index is 13.3. The van der Waals surface area contributed by atoms with Gasteiger partial charge in [-0.1, -0.05) is 53.5 Å². The van der Waals surface area contributed by atoms with Gasteiger partial charge >= 0.3 is 0 Å². The van der Waals surface area contributed by atoms with Gasteiger partial charge < -0.3 is 4.74 Å². The summed E-state index contributed by atoms with van der Waals surface area (Å²) in [5.74, 6) is -0.225. The Labute approximate surface area is 182 Å². The van der Waals surface area contributed by atoms with Crippen LogP contribution in [0.5, 0.6) is 5.75 Å². The molecule has 1 heterocycles. The number of hydrazone groups is 1. The first-order valence-electron chi connectivity index (χ1n) is 9.04. The van der Waals surface area contributed by atoms with Gasteiger partial charge in [0.25, 0.3) is 5.91 Å². The number of anilines is 1. The van der Waals surface area contributed by atoms with Crippen LogP contribution >= 0.6 is 23.2 Å². The lowest BCUT2D eigenvalue weighted by molar-refractivity contribution is -0.114. The van der Waals surface area contributed by atoms with E-state index in [4.69, 9.17) is 27.9 Å². The fourth-order valence-electron chi connectivity index (χ4n) is 2.92. The Bertz CT molecular complexity index is 1150. The monoisotopic (exact) mass is 440 g/mol. The van der Waals surface area contributed by atoms with Crippen molar-refractivity contribution >= 4 is 46.6 Å². The molecule has 0 aliphatic carbocycles. The molecule has 4 rings (SSSR count). The fraction of sp³-hybridized carbons (Fsp3) is 0.0435. The molecule has 0 aromatic heterocycles. The van der Waals surface area contributed by atoms with Crippen molar-refractivity contribution in [3.63, 3.8) is 0 Å². The smallest absolute Gasteiger partial charge is 0.280 e. The van der Waals surface area contributed by atoms with E-state index in [1.54, 1.807) is 48.5 Å². The number of carbonyl (C=O) groups is 1. The number of nitrogens with zero attached hydrogens (tertiary/aromatic N) is 2. The number of amides is 1. The van der Waals surface area contributed by atoms with Gasteiger partial charge in [-0.3, -0.25) is 4.79 Å². The number of halogens is 3. The van der Waals surface area contributed by atoms with Crippen molar-refractivity contribution in [2.75, 3.05) is 11.6 Å². The molecular weight excluding hydrogens is 426 g/mol. The predicted molar refractivity (Wildman–Crippen MR) is 118 cm³/mol. The first-order chi connectivity index (χ1) is 14.5. The molecule has 0 saturated carbocycles. The molecule has 0 N–H and O–H groups in total. The van der Waals surface area contributed by atoms with Gasteiger partial charge in [-0.05, 0) is 54.1 Å². The van der Waals surface area contributed by atoms with Crippen LogP contribution in [0.4, 0.5) is 10.1 Å². The van der Waals surface area contributed by atoms with E-state index in [0.29, 0.717) is 38.3 Å². The highest BCUT2D eigenvalue weighted by atomic mass is 35.5. The summed E-state index contributed by atoms with van der Waals surface area (Å²) in [7, 11) is 0. The molecule has 30 heavy (non-hydrogen) atoms. The summed E-state index contributed by atoms with van der Waals surface area (Å²) in [6.07, 6.45) is 1.66. The minimum Gasteiger partial charge on any atom is -0.486 e. The molecule has 1 aliphatic heterocycles. The third-order valence-electron chi connectivity index (χ3n) is 4.39. The van der Waals surface area contributed by atoms with Gasteiger partial charge in [0.1, 0.15) is 23.9 Å². The van der Waals surface area contributed by atoms with Crippen molar-refractivity contribution in [2.24, 2.45) is 5.10 Å². The summed E-state index contributed by atoms with van der Waals surface area (Å²) < 4.78 is 19.0. The zero-order valence-corrected chi connectivity index (χ0v) is 17.1. The fourth-order valence-corrected chi connectivity index (χ4v) is 3.38. The van der Waals surface area contributed by atoms with Crippen LogP contribution in [0.3, 0.4) is 0 Å². The second-order valence-corrected chi connectivity index (χ2v) is 7.32. The first-order valence-corrected chi connectivity index (χ1v) is 9.79. The van der Waals surface area contributed by atoms with E-state index in [-0.39, 0.29) is 18.3 Å². The Kier molecular flexibility index (Phi) is 5.84. The molecule has 0 fully saturated rings. The Morgan fingerprint density at radius 3 is 2.43 bits per heavy atom. The van der Waals surface area contributed by atoms with Crippen molar-refractivity contribution in [1.82, 2.24) is 0 Å². The normalized spacial score (nSPS) is 14.9. The molecule has 1 aliphatic rings. The number of rotatable bonds is 5. The lowest BCUT2D eigenvalue weighted by Gasteiger charge is -2.10. The van der Waals surface area contributed by atoms with Crippen LogP contribution in [0.1, 0.15) is 5.56 Å². The van der Waals surface area contributed by atoms with Gasteiger partial charge in [0.05, 0.1) is 16.3 Å². The topological polar surface area (TPSA) is 41.9 Å². The standard InChI is InChI=1S/C23H15Cl2FN2O2/c24-16-8-11-22(20(25)13-16)30-14-21-19(12-15-6-9-17(26)10-7-15)23(29)28(27-21)18-4-2-1-3-5-18/h1-13H,14H2. The molecule has 0 spiro atoms. The van der Waals surface area contributed by atoms with Crippen LogP contribution in [-0.2, 0) is 4.79 Å². The van der Waals surface area contributed by atoms with Gasteiger partial charge in [-0.15, -0.1) is 0 Å². The van der Waals surface area contributed by atoms with Crippen molar-refractivity contribution in [1.29, 1.82) is 0 Å². The molecule has 0 atom stereocenters. The van der Waals surface area contributed by atoms with E-state index in [1.165, 1.54) is 17.1 Å². The van der Waals surface area contributed by atoms with Gasteiger partial charge in [0, 0.05) is 5.02 Å². The summed E-state index contributed by atoms with van der Waals surface area (Å²) in [4.78, 5) is 13.1. The minimum absolute atomic E-state index is 0.0173. The molecule has 0 bridgehead atoms. The van der Waals surface area contributed by atoms with Crippen LogP contribution in [-0.4, -0.2) is 18.2 Å². The van der Waals surface area contributed by atoms with Gasteiger partial charge in [-0.2, -0.15) is 10.1 Å². The van der Waals surface area contributed by atoms with E-state index < -0.39 is 0 Å². The summed E-state index contributed by atoms with van der Waals surface area (Å²) in [6, 6.07) is 19.8. The second kappa shape index (κ2) is 8.69. The third kappa shape index (κ3) is 4.37. The van der Waals surface area contributed by atoms with Crippen LogP contribution in [0.15, 0.2) is 83.5 Å². The molecule has 0 radical (unpaired) electrons. The second-order valence-electron chi connectivity index (χ2n) is 6.47. The number of para-hydroxylation sites is 1. The number of ether oxygens (including phenoxy) is 1. The molecule has 150 valence electrons. The van der Waals surface area contributed by atoms with E-state index in [2.05, 4.69) is 5.10 Å². The third-order valence-corrected chi connectivity index (χ3v) is 4.92. The van der Waals surface area contributed by atoms with Gasteiger partial charge in [0.15, 0.2) is 0 Å². The van der Waals surface area contributed by atoms with Crippen molar-refractivity contribution < 1.29 is 13.9 Å². The average Bonchev–Trinajstić information content (AvgIpc) is 3.05. The summed E-state index contributed by atoms with van der Waals surface area (Å²) >= 11 is 12.1. The minimum atomic E-state index is -0.351. The lowest BCUT2D eigenvalue weighted by atomic mass is 10.1. The van der Waals surface area contributed by atoms with E-state index >= 15 is 0 Å². The van der Waals surface area contributed by atoms with Crippen LogP contribution in [0, 0.1) is 5.82 Å². The van der Waals surface area contributed by atoms with E-state index in [1.807, 2.05) is 18.2 Å². The summed E-state index contributed by atoms with van der Waals surface area (Å²) in [5, 5.41) is 6.63. The van der Waals surface area contributed by atoms with Crippen LogP contribution in [0.25, 0.3) is 6.08 Å². The number of carbonyl (C=O) groups excluding carboxylic acids is 1. The quantitative estimate of drug-likeness (QED) is 0.456. The van der Waals surface area contributed by atoms with Crippen molar-refractivity contribution in [3.8, 4) is 5.75 Å². The zero-order chi connectivity index (χ0) is 21.1. The highest BCUT2D eigenvalue weighted by molar-refractivity contribution is 6.35. The largest absolute Gasteiger partial charge is 0.486 e. The van der Waals surface area contributed by atoms with Crippen LogP contribution in [0.2, 0.25) is 10.0 Å². The Balaban J connectivity index is 1.66. The molecule has 4 nitrogen and oxygen atoms in total. The SMILES string of the molecule is O=C1C(=Cc2ccc(F)cc2)C(COc2ccc(Cl)cc2Cl)=NN1c1ccccc1. The maximum Gasteiger partial charge on any atom is 0.280 e. The van der Waals surface area contributed by atoms with E-state index in [9.17, 15) is 9.18 Å². The van der Waals surface area contributed by atoms with E-state index in [0.717, 1.165) is 0 Å². The molecule has 0 unspecified atom stereocenters. The first kappa shape index (κ1) is 20.1. The van der Waals surface area contributed by atoms with Gasteiger partial charge in [-0.25, -0.2) is 4.39 Å². The highest BCUT2D eigenvalue weighted by Gasteiger charge is 2.31. The highest BCUT2D eigenvalue weighted by Crippen LogP contribution is 2.29. The Morgan fingerprint density at radius 2 is 1.73 bits per heavy atom. The van der Waals surface area contributed by atoms with Crippen molar-refractivity contribution in [3.05, 3.63) is 99.8 Å². The summed E-state index contributed by atoms with van der Waals surface area (Å²) in [5.41, 5.74) is 2.09. The Hall–Kier alpha value is -3.15. The average molecular weight is 441 g/mol. The summed E-state index contributed by atoms with van der Waals surface area (Å²) in [6.45, 7) is 0.0173. The number of hydrogen-bond acceptors (Lipinski definition) is 3. The molecule has 7 heteroatoms. The maximum absolute atomic E-state index is 13.3.